The third kappa shape index (κ3) is 2.31. The number of alkyl halides is 3. The minimum absolute atomic E-state index is 0.0886. The molecule has 0 spiro atoms. The molecular formula is C12H7ClF3NO. The Kier molecular flexibility index (Phi) is 3.02. The molecule has 0 atom stereocenters. The first-order chi connectivity index (χ1) is 8.29. The van der Waals surface area contributed by atoms with Crippen molar-refractivity contribution in [3.8, 4) is 0 Å². The lowest BCUT2D eigenvalue weighted by molar-refractivity contribution is -0.137. The molecular weight excluding hydrogens is 267 g/mol. The summed E-state index contributed by atoms with van der Waals surface area (Å²) in [5.41, 5.74) is -0.488. The number of benzene rings is 1. The Bertz CT molecular complexity index is 637. The number of pyridine rings is 1. The van der Waals surface area contributed by atoms with Crippen LogP contribution in [0.4, 0.5) is 13.2 Å². The largest absolute Gasteiger partial charge is 0.416 e. The van der Waals surface area contributed by atoms with Crippen LogP contribution in [0.15, 0.2) is 24.3 Å². The average molecular weight is 274 g/mol. The summed E-state index contributed by atoms with van der Waals surface area (Å²) >= 11 is 5.75. The second-order valence-electron chi connectivity index (χ2n) is 3.79. The highest BCUT2D eigenvalue weighted by Crippen LogP contribution is 2.31. The molecule has 0 unspecified atom stereocenters. The molecule has 18 heavy (non-hydrogen) atoms. The molecule has 0 amide bonds. The fraction of sp³-hybridized carbons (Fsp3) is 0.167. The number of aromatic nitrogens is 1. The summed E-state index contributed by atoms with van der Waals surface area (Å²) in [7, 11) is 0. The van der Waals surface area contributed by atoms with Crippen molar-refractivity contribution in [1.29, 1.82) is 0 Å². The van der Waals surface area contributed by atoms with Crippen LogP contribution >= 0.6 is 11.6 Å². The third-order valence-corrected chi connectivity index (χ3v) is 2.77. The second kappa shape index (κ2) is 4.24. The molecule has 0 saturated heterocycles. The molecule has 0 radical (unpaired) electrons. The minimum atomic E-state index is -4.43. The number of carbonyl (C=O) groups excluding carboxylic acids is 1. The number of carbonyl (C=O) groups is 1. The van der Waals surface area contributed by atoms with Gasteiger partial charge >= 0.3 is 6.18 Å². The Hall–Kier alpha value is -1.62. The van der Waals surface area contributed by atoms with Gasteiger partial charge in [0.05, 0.1) is 16.6 Å². The van der Waals surface area contributed by atoms with E-state index >= 15 is 0 Å². The van der Waals surface area contributed by atoms with E-state index in [1.807, 2.05) is 0 Å². The van der Waals surface area contributed by atoms with Crippen LogP contribution in [0.5, 0.6) is 0 Å². The van der Waals surface area contributed by atoms with E-state index in [0.29, 0.717) is 5.39 Å². The maximum Gasteiger partial charge on any atom is 0.416 e. The van der Waals surface area contributed by atoms with Gasteiger partial charge in [0, 0.05) is 5.39 Å². The topological polar surface area (TPSA) is 30.0 Å². The number of ketones is 1. The summed E-state index contributed by atoms with van der Waals surface area (Å²) in [6, 6.07) is 4.56. The molecule has 2 aromatic rings. The lowest BCUT2D eigenvalue weighted by Crippen LogP contribution is -2.05. The Morgan fingerprint density at radius 3 is 2.50 bits per heavy atom. The molecule has 1 heterocycles. The number of hydrogen-bond acceptors (Lipinski definition) is 2. The van der Waals surface area contributed by atoms with Crippen LogP contribution in [-0.4, -0.2) is 10.8 Å². The van der Waals surface area contributed by atoms with Crippen molar-refractivity contribution in [3.05, 3.63) is 40.5 Å². The van der Waals surface area contributed by atoms with Crippen molar-refractivity contribution in [2.45, 2.75) is 13.1 Å². The van der Waals surface area contributed by atoms with E-state index in [-0.39, 0.29) is 22.0 Å². The smallest absolute Gasteiger partial charge is 0.294 e. The fourth-order valence-corrected chi connectivity index (χ4v) is 1.85. The quantitative estimate of drug-likeness (QED) is 0.578. The van der Waals surface area contributed by atoms with Crippen LogP contribution in [0.25, 0.3) is 10.9 Å². The third-order valence-electron chi connectivity index (χ3n) is 2.48. The molecule has 0 aliphatic rings. The minimum Gasteiger partial charge on any atom is -0.294 e. The van der Waals surface area contributed by atoms with Crippen molar-refractivity contribution in [2.24, 2.45) is 0 Å². The molecule has 2 nitrogen and oxygen atoms in total. The Labute approximate surface area is 105 Å². The monoisotopic (exact) mass is 273 g/mol. The number of hydrogen-bond donors (Lipinski definition) is 0. The Morgan fingerprint density at radius 1 is 1.28 bits per heavy atom. The zero-order chi connectivity index (χ0) is 13.5. The summed E-state index contributed by atoms with van der Waals surface area (Å²) in [6.45, 7) is 1.32. The lowest BCUT2D eigenvalue weighted by Gasteiger charge is -2.08. The summed E-state index contributed by atoms with van der Waals surface area (Å²) in [5.74, 6) is -0.283. The molecule has 0 bridgehead atoms. The van der Waals surface area contributed by atoms with E-state index in [9.17, 15) is 18.0 Å². The van der Waals surface area contributed by atoms with Gasteiger partial charge in [0.1, 0.15) is 5.15 Å². The first-order valence-electron chi connectivity index (χ1n) is 4.97. The standard InChI is InChI=1S/C12H7ClF3NO/c1-6(18)9-4-7-2-3-8(12(14,15)16)5-10(7)17-11(9)13/h2-5H,1H3. The molecule has 94 valence electrons. The van der Waals surface area contributed by atoms with Crippen molar-refractivity contribution >= 4 is 28.3 Å². The van der Waals surface area contributed by atoms with E-state index in [0.717, 1.165) is 12.1 Å². The predicted octanol–water partition coefficient (Wildman–Crippen LogP) is 4.11. The van der Waals surface area contributed by atoms with Crippen molar-refractivity contribution in [3.63, 3.8) is 0 Å². The number of halogens is 4. The average Bonchev–Trinajstić information content (AvgIpc) is 2.25. The van der Waals surface area contributed by atoms with Crippen LogP contribution in [0.1, 0.15) is 22.8 Å². The van der Waals surface area contributed by atoms with E-state index in [4.69, 9.17) is 11.6 Å². The molecule has 0 saturated carbocycles. The zero-order valence-corrected chi connectivity index (χ0v) is 9.93. The van der Waals surface area contributed by atoms with Crippen LogP contribution < -0.4 is 0 Å². The van der Waals surface area contributed by atoms with E-state index in [2.05, 4.69) is 4.98 Å². The summed E-state index contributed by atoms with van der Waals surface area (Å²) in [6.07, 6.45) is -4.43. The van der Waals surface area contributed by atoms with Crippen LogP contribution in [0.2, 0.25) is 5.15 Å². The van der Waals surface area contributed by atoms with Gasteiger partial charge in [0.25, 0.3) is 0 Å². The van der Waals surface area contributed by atoms with E-state index in [1.54, 1.807) is 0 Å². The Balaban J connectivity index is 2.67. The fourth-order valence-electron chi connectivity index (χ4n) is 1.57. The number of rotatable bonds is 1. The maximum absolute atomic E-state index is 12.5. The molecule has 0 aliphatic carbocycles. The van der Waals surface area contributed by atoms with Crippen molar-refractivity contribution in [1.82, 2.24) is 4.98 Å². The van der Waals surface area contributed by atoms with Gasteiger partial charge in [0.15, 0.2) is 5.78 Å². The number of Topliss-reactive ketones (excluding diaryl/α,β-unsaturated/α-hetero) is 1. The molecule has 0 N–H and O–H groups in total. The van der Waals surface area contributed by atoms with Gasteiger partial charge in [-0.15, -0.1) is 0 Å². The summed E-state index contributed by atoms with van der Waals surface area (Å²) in [5, 5.41) is 0.354. The van der Waals surface area contributed by atoms with Crippen LogP contribution in [-0.2, 0) is 6.18 Å². The molecule has 1 aromatic heterocycles. The van der Waals surface area contributed by atoms with Gasteiger partial charge in [-0.05, 0) is 25.1 Å². The lowest BCUT2D eigenvalue weighted by atomic mass is 10.1. The van der Waals surface area contributed by atoms with E-state index in [1.165, 1.54) is 19.1 Å². The first-order valence-corrected chi connectivity index (χ1v) is 5.35. The second-order valence-corrected chi connectivity index (χ2v) is 4.15. The predicted molar refractivity (Wildman–Crippen MR) is 61.8 cm³/mol. The van der Waals surface area contributed by atoms with Crippen LogP contribution in [0.3, 0.4) is 0 Å². The normalized spacial score (nSPS) is 11.8. The maximum atomic E-state index is 12.5. The van der Waals surface area contributed by atoms with Gasteiger partial charge in [0.2, 0.25) is 0 Å². The zero-order valence-electron chi connectivity index (χ0n) is 9.18. The van der Waals surface area contributed by atoms with Crippen molar-refractivity contribution in [2.75, 3.05) is 0 Å². The van der Waals surface area contributed by atoms with Gasteiger partial charge in [-0.3, -0.25) is 4.79 Å². The molecule has 6 heteroatoms. The summed E-state index contributed by atoms with van der Waals surface area (Å²) in [4.78, 5) is 15.0. The molecule has 0 aliphatic heterocycles. The van der Waals surface area contributed by atoms with Crippen molar-refractivity contribution < 1.29 is 18.0 Å². The first kappa shape index (κ1) is 12.8. The van der Waals surface area contributed by atoms with Gasteiger partial charge in [-0.25, -0.2) is 4.98 Å². The highest BCUT2D eigenvalue weighted by Gasteiger charge is 2.30. The summed E-state index contributed by atoms with van der Waals surface area (Å²) < 4.78 is 37.5. The SMILES string of the molecule is CC(=O)c1cc2ccc(C(F)(F)F)cc2nc1Cl. The molecule has 0 fully saturated rings. The van der Waals surface area contributed by atoms with Gasteiger partial charge in [-0.1, -0.05) is 17.7 Å². The highest BCUT2D eigenvalue weighted by molar-refractivity contribution is 6.33. The number of nitrogens with zero attached hydrogens (tertiary/aromatic N) is 1. The Morgan fingerprint density at radius 2 is 1.94 bits per heavy atom. The number of fused-ring (bicyclic) bond motifs is 1. The molecule has 2 rings (SSSR count). The van der Waals surface area contributed by atoms with E-state index < -0.39 is 11.7 Å². The van der Waals surface area contributed by atoms with Gasteiger partial charge < -0.3 is 0 Å². The highest BCUT2D eigenvalue weighted by atomic mass is 35.5. The van der Waals surface area contributed by atoms with Gasteiger partial charge in [-0.2, -0.15) is 13.2 Å². The molecule has 1 aromatic carbocycles. The van der Waals surface area contributed by atoms with Crippen LogP contribution in [0, 0.1) is 0 Å².